The monoisotopic (exact) mass is 285 g/mol. The number of benzene rings is 2. The summed E-state index contributed by atoms with van der Waals surface area (Å²) in [7, 11) is 1.58. The predicted octanol–water partition coefficient (Wildman–Crippen LogP) is 3.06. The standard InChI is InChI=1S/C16H12FNO3/c1-20-10-11-2-4-12(5-3-11)16(19)21-14-7-6-13(9-18)15(17)8-14/h2-8H,10H2,1H3. The lowest BCUT2D eigenvalue weighted by Gasteiger charge is -2.06. The smallest absolute Gasteiger partial charge is 0.343 e. The number of hydrogen-bond acceptors (Lipinski definition) is 4. The summed E-state index contributed by atoms with van der Waals surface area (Å²) < 4.78 is 23.4. The van der Waals surface area contributed by atoms with E-state index in [9.17, 15) is 9.18 Å². The largest absolute Gasteiger partial charge is 0.423 e. The Kier molecular flexibility index (Phi) is 4.64. The first-order valence-corrected chi connectivity index (χ1v) is 6.13. The summed E-state index contributed by atoms with van der Waals surface area (Å²) in [6.07, 6.45) is 0. The van der Waals surface area contributed by atoms with Gasteiger partial charge in [0.05, 0.1) is 17.7 Å². The molecule has 2 rings (SSSR count). The second-order valence-electron chi connectivity index (χ2n) is 4.27. The minimum absolute atomic E-state index is 0.0532. The van der Waals surface area contributed by atoms with Crippen LogP contribution >= 0.6 is 0 Å². The lowest BCUT2D eigenvalue weighted by atomic mass is 10.1. The zero-order valence-electron chi connectivity index (χ0n) is 11.3. The molecule has 5 heteroatoms. The summed E-state index contributed by atoms with van der Waals surface area (Å²) >= 11 is 0. The van der Waals surface area contributed by atoms with Crippen molar-refractivity contribution in [1.29, 1.82) is 5.26 Å². The van der Waals surface area contributed by atoms with Gasteiger partial charge in [-0.25, -0.2) is 9.18 Å². The van der Waals surface area contributed by atoms with Crippen molar-refractivity contribution in [3.05, 3.63) is 65.0 Å². The number of methoxy groups -OCH3 is 1. The average Bonchev–Trinajstić information content (AvgIpc) is 2.48. The van der Waals surface area contributed by atoms with Crippen molar-refractivity contribution < 1.29 is 18.7 Å². The number of carbonyl (C=O) groups excluding carboxylic acids is 1. The first kappa shape index (κ1) is 14.7. The third-order valence-electron chi connectivity index (χ3n) is 2.77. The molecule has 0 saturated carbocycles. The number of nitrogens with zero attached hydrogens (tertiary/aromatic N) is 1. The van der Waals surface area contributed by atoms with Crippen LogP contribution in [0.2, 0.25) is 0 Å². The predicted molar refractivity (Wildman–Crippen MR) is 73.2 cm³/mol. The van der Waals surface area contributed by atoms with Crippen LogP contribution in [0.4, 0.5) is 4.39 Å². The van der Waals surface area contributed by atoms with Gasteiger partial charge in [0, 0.05) is 13.2 Å². The van der Waals surface area contributed by atoms with E-state index in [1.54, 1.807) is 37.4 Å². The van der Waals surface area contributed by atoms with Crippen LogP contribution in [-0.2, 0) is 11.3 Å². The molecule has 0 atom stereocenters. The Morgan fingerprint density at radius 3 is 2.52 bits per heavy atom. The van der Waals surface area contributed by atoms with E-state index in [1.165, 1.54) is 12.1 Å². The van der Waals surface area contributed by atoms with Gasteiger partial charge in [-0.05, 0) is 29.8 Å². The molecule has 0 bridgehead atoms. The lowest BCUT2D eigenvalue weighted by Crippen LogP contribution is -2.08. The van der Waals surface area contributed by atoms with Gasteiger partial charge in [-0.15, -0.1) is 0 Å². The van der Waals surface area contributed by atoms with Gasteiger partial charge in [0.1, 0.15) is 17.6 Å². The summed E-state index contributed by atoms with van der Waals surface area (Å²) in [6, 6.07) is 12.1. The van der Waals surface area contributed by atoms with E-state index < -0.39 is 11.8 Å². The van der Waals surface area contributed by atoms with E-state index in [0.29, 0.717) is 12.2 Å². The normalized spacial score (nSPS) is 9.95. The zero-order chi connectivity index (χ0) is 15.2. The number of halogens is 1. The first-order chi connectivity index (χ1) is 10.1. The number of esters is 1. The fourth-order valence-corrected chi connectivity index (χ4v) is 1.72. The molecule has 0 spiro atoms. The maximum atomic E-state index is 13.4. The van der Waals surface area contributed by atoms with Crippen LogP contribution in [0.15, 0.2) is 42.5 Å². The van der Waals surface area contributed by atoms with Crippen LogP contribution in [0.1, 0.15) is 21.5 Å². The van der Waals surface area contributed by atoms with Gasteiger partial charge < -0.3 is 9.47 Å². The highest BCUT2D eigenvalue weighted by molar-refractivity contribution is 5.91. The van der Waals surface area contributed by atoms with Gasteiger partial charge in [0.15, 0.2) is 0 Å². The topological polar surface area (TPSA) is 59.3 Å². The molecule has 0 aliphatic carbocycles. The SMILES string of the molecule is COCc1ccc(C(=O)Oc2ccc(C#N)c(F)c2)cc1. The molecule has 0 unspecified atom stereocenters. The molecule has 0 aromatic heterocycles. The molecule has 0 aliphatic heterocycles. The van der Waals surface area contributed by atoms with E-state index in [4.69, 9.17) is 14.7 Å². The van der Waals surface area contributed by atoms with Crippen LogP contribution in [0, 0.1) is 17.1 Å². The molecule has 0 amide bonds. The van der Waals surface area contributed by atoms with E-state index in [-0.39, 0.29) is 11.3 Å². The van der Waals surface area contributed by atoms with Crippen LogP contribution in [-0.4, -0.2) is 13.1 Å². The van der Waals surface area contributed by atoms with Gasteiger partial charge in [-0.3, -0.25) is 0 Å². The third kappa shape index (κ3) is 3.65. The molecule has 0 aliphatic rings. The molecule has 0 heterocycles. The minimum Gasteiger partial charge on any atom is -0.423 e. The van der Waals surface area contributed by atoms with Gasteiger partial charge in [-0.2, -0.15) is 5.26 Å². The van der Waals surface area contributed by atoms with Crippen LogP contribution in [0.25, 0.3) is 0 Å². The van der Waals surface area contributed by atoms with Crippen molar-refractivity contribution in [2.24, 2.45) is 0 Å². The fraction of sp³-hybridized carbons (Fsp3) is 0.125. The van der Waals surface area contributed by atoms with Crippen molar-refractivity contribution in [2.75, 3.05) is 7.11 Å². The van der Waals surface area contributed by atoms with Crippen LogP contribution in [0.5, 0.6) is 5.75 Å². The van der Waals surface area contributed by atoms with E-state index in [2.05, 4.69) is 0 Å². The molecule has 2 aromatic carbocycles. The molecule has 4 nitrogen and oxygen atoms in total. The van der Waals surface area contributed by atoms with Crippen molar-refractivity contribution in [1.82, 2.24) is 0 Å². The zero-order valence-corrected chi connectivity index (χ0v) is 11.3. The molecule has 0 fully saturated rings. The number of hydrogen-bond donors (Lipinski definition) is 0. The van der Waals surface area contributed by atoms with E-state index >= 15 is 0 Å². The van der Waals surface area contributed by atoms with Crippen molar-refractivity contribution in [3.63, 3.8) is 0 Å². The third-order valence-corrected chi connectivity index (χ3v) is 2.77. The molecule has 2 aromatic rings. The Hall–Kier alpha value is -2.71. The quantitative estimate of drug-likeness (QED) is 0.640. The second-order valence-corrected chi connectivity index (χ2v) is 4.27. The van der Waals surface area contributed by atoms with E-state index in [1.807, 2.05) is 0 Å². The Morgan fingerprint density at radius 1 is 1.24 bits per heavy atom. The summed E-state index contributed by atoms with van der Waals surface area (Å²) in [5.41, 5.74) is 1.18. The van der Waals surface area contributed by atoms with Crippen LogP contribution < -0.4 is 4.74 Å². The maximum Gasteiger partial charge on any atom is 0.343 e. The van der Waals surface area contributed by atoms with Crippen molar-refractivity contribution in [3.8, 4) is 11.8 Å². The summed E-state index contributed by atoms with van der Waals surface area (Å²) in [6.45, 7) is 0.455. The summed E-state index contributed by atoms with van der Waals surface area (Å²) in [4.78, 5) is 11.9. The Morgan fingerprint density at radius 2 is 1.95 bits per heavy atom. The molecule has 21 heavy (non-hydrogen) atoms. The minimum atomic E-state index is -0.724. The van der Waals surface area contributed by atoms with Gasteiger partial charge in [0.25, 0.3) is 0 Å². The molecular formula is C16H12FNO3. The molecule has 0 saturated heterocycles. The van der Waals surface area contributed by atoms with Crippen molar-refractivity contribution in [2.45, 2.75) is 6.61 Å². The molecule has 0 radical (unpaired) electrons. The maximum absolute atomic E-state index is 13.4. The Labute approximate surface area is 121 Å². The Bertz CT molecular complexity index is 690. The molecule has 106 valence electrons. The van der Waals surface area contributed by atoms with E-state index in [0.717, 1.165) is 11.6 Å². The fourth-order valence-electron chi connectivity index (χ4n) is 1.72. The summed E-state index contributed by atoms with van der Waals surface area (Å²) in [5.74, 6) is -1.27. The highest BCUT2D eigenvalue weighted by atomic mass is 19.1. The van der Waals surface area contributed by atoms with Crippen LogP contribution in [0.3, 0.4) is 0 Å². The highest BCUT2D eigenvalue weighted by Crippen LogP contribution is 2.17. The summed E-state index contributed by atoms with van der Waals surface area (Å²) in [5, 5.41) is 8.63. The highest BCUT2D eigenvalue weighted by Gasteiger charge is 2.10. The number of rotatable bonds is 4. The van der Waals surface area contributed by atoms with Crippen molar-refractivity contribution >= 4 is 5.97 Å². The molecular weight excluding hydrogens is 273 g/mol. The average molecular weight is 285 g/mol. The lowest BCUT2D eigenvalue weighted by molar-refractivity contribution is 0.0734. The number of ether oxygens (including phenoxy) is 2. The van der Waals surface area contributed by atoms with Gasteiger partial charge in [-0.1, -0.05) is 12.1 Å². The van der Waals surface area contributed by atoms with Gasteiger partial charge >= 0.3 is 5.97 Å². The van der Waals surface area contributed by atoms with Gasteiger partial charge in [0.2, 0.25) is 0 Å². The Balaban J connectivity index is 2.10. The second kappa shape index (κ2) is 6.64. The molecule has 0 N–H and O–H groups in total. The number of carbonyl (C=O) groups is 1. The number of nitriles is 1. The first-order valence-electron chi connectivity index (χ1n) is 6.13.